The summed E-state index contributed by atoms with van der Waals surface area (Å²) in [6, 6.07) is 8.24. The Morgan fingerprint density at radius 3 is 2.77 bits per heavy atom. The van der Waals surface area contributed by atoms with E-state index in [9.17, 15) is 4.39 Å². The number of benzene rings is 1. The molecule has 154 valence electrons. The standard InChI is InChI=1S/C22H21ClFN5O/c1-4-5-15-12-28(13-19(15)18-8-6-16(24)10-20(18)23)22-27-26-14(2)29(22)17-7-9-21(30-3)25-11-17/h1,6-11,15,19H,5,12-13H2,2-3H3/t15-,19-/m0/s1. The third kappa shape index (κ3) is 3.71. The van der Waals surface area contributed by atoms with Gasteiger partial charge in [-0.25, -0.2) is 9.37 Å². The van der Waals surface area contributed by atoms with Gasteiger partial charge in [-0.05, 0) is 36.6 Å². The lowest BCUT2D eigenvalue weighted by molar-refractivity contribution is 0.398. The Bertz CT molecular complexity index is 1090. The maximum absolute atomic E-state index is 13.6. The third-order valence-electron chi connectivity index (χ3n) is 5.46. The fourth-order valence-corrected chi connectivity index (χ4v) is 4.34. The van der Waals surface area contributed by atoms with E-state index in [2.05, 4.69) is 26.0 Å². The fourth-order valence-electron chi connectivity index (χ4n) is 4.03. The minimum absolute atomic E-state index is 0.0635. The molecular formula is C22H21ClFN5O. The van der Waals surface area contributed by atoms with E-state index >= 15 is 0 Å². The molecule has 8 heteroatoms. The molecule has 3 heterocycles. The second-order valence-electron chi connectivity index (χ2n) is 7.29. The van der Waals surface area contributed by atoms with Crippen molar-refractivity contribution in [3.8, 4) is 23.9 Å². The largest absolute Gasteiger partial charge is 0.481 e. The first-order valence-corrected chi connectivity index (χ1v) is 9.95. The van der Waals surface area contributed by atoms with Gasteiger partial charge in [0, 0.05) is 36.5 Å². The summed E-state index contributed by atoms with van der Waals surface area (Å²) in [4.78, 5) is 6.44. The number of halogens is 2. The van der Waals surface area contributed by atoms with E-state index in [1.807, 2.05) is 17.6 Å². The average molecular weight is 426 g/mol. The summed E-state index contributed by atoms with van der Waals surface area (Å²) in [6.07, 6.45) is 7.95. The Labute approximate surface area is 179 Å². The highest BCUT2D eigenvalue weighted by atomic mass is 35.5. The van der Waals surface area contributed by atoms with Crippen molar-refractivity contribution in [1.82, 2.24) is 19.7 Å². The van der Waals surface area contributed by atoms with Gasteiger partial charge >= 0.3 is 0 Å². The van der Waals surface area contributed by atoms with Gasteiger partial charge in [-0.3, -0.25) is 4.57 Å². The monoisotopic (exact) mass is 425 g/mol. The molecule has 2 aromatic heterocycles. The van der Waals surface area contributed by atoms with Crippen molar-refractivity contribution in [2.24, 2.45) is 5.92 Å². The zero-order valence-electron chi connectivity index (χ0n) is 16.7. The van der Waals surface area contributed by atoms with Crippen LogP contribution in [-0.4, -0.2) is 39.9 Å². The second kappa shape index (κ2) is 8.33. The molecule has 4 rings (SSSR count). The van der Waals surface area contributed by atoms with E-state index in [0.29, 0.717) is 36.4 Å². The van der Waals surface area contributed by atoms with Crippen LogP contribution in [0.5, 0.6) is 5.88 Å². The van der Waals surface area contributed by atoms with Crippen LogP contribution in [0.4, 0.5) is 10.3 Å². The van der Waals surface area contributed by atoms with Crippen LogP contribution in [0.25, 0.3) is 5.69 Å². The number of methoxy groups -OCH3 is 1. The molecule has 0 amide bonds. The van der Waals surface area contributed by atoms with Crippen LogP contribution in [0.2, 0.25) is 5.02 Å². The molecule has 0 spiro atoms. The quantitative estimate of drug-likeness (QED) is 0.578. The lowest BCUT2D eigenvalue weighted by Gasteiger charge is -2.19. The molecule has 0 aliphatic carbocycles. The van der Waals surface area contributed by atoms with E-state index in [0.717, 1.165) is 17.1 Å². The smallest absolute Gasteiger partial charge is 0.231 e. The molecule has 1 fully saturated rings. The molecule has 1 aliphatic heterocycles. The molecular weight excluding hydrogens is 405 g/mol. The second-order valence-corrected chi connectivity index (χ2v) is 7.69. The van der Waals surface area contributed by atoms with Gasteiger partial charge in [-0.1, -0.05) is 17.7 Å². The summed E-state index contributed by atoms with van der Waals surface area (Å²) in [5.74, 6) is 4.63. The van der Waals surface area contributed by atoms with Crippen LogP contribution in [0, 0.1) is 31.0 Å². The number of nitrogens with zero attached hydrogens (tertiary/aromatic N) is 5. The van der Waals surface area contributed by atoms with Gasteiger partial charge in [0.2, 0.25) is 11.8 Å². The number of hydrogen-bond donors (Lipinski definition) is 0. The highest BCUT2D eigenvalue weighted by molar-refractivity contribution is 6.31. The van der Waals surface area contributed by atoms with Crippen molar-refractivity contribution in [2.75, 3.05) is 25.1 Å². The number of aromatic nitrogens is 4. The van der Waals surface area contributed by atoms with Crippen LogP contribution in [0.3, 0.4) is 0 Å². The first-order valence-electron chi connectivity index (χ1n) is 9.57. The van der Waals surface area contributed by atoms with Crippen LogP contribution < -0.4 is 9.64 Å². The van der Waals surface area contributed by atoms with Gasteiger partial charge in [-0.2, -0.15) is 0 Å². The molecule has 0 bridgehead atoms. The molecule has 1 saturated heterocycles. The number of rotatable bonds is 5. The lowest BCUT2D eigenvalue weighted by Crippen LogP contribution is -2.24. The van der Waals surface area contributed by atoms with Crippen molar-refractivity contribution in [1.29, 1.82) is 0 Å². The first-order chi connectivity index (χ1) is 14.5. The number of pyridine rings is 1. The van der Waals surface area contributed by atoms with Gasteiger partial charge in [0.1, 0.15) is 11.6 Å². The lowest BCUT2D eigenvalue weighted by atomic mass is 9.87. The van der Waals surface area contributed by atoms with Gasteiger partial charge in [0.05, 0.1) is 19.0 Å². The molecule has 30 heavy (non-hydrogen) atoms. The summed E-state index contributed by atoms with van der Waals surface area (Å²) in [5, 5.41) is 9.10. The van der Waals surface area contributed by atoms with E-state index in [1.165, 1.54) is 12.1 Å². The maximum Gasteiger partial charge on any atom is 0.231 e. The summed E-state index contributed by atoms with van der Waals surface area (Å²) in [6.45, 7) is 3.24. The molecule has 0 radical (unpaired) electrons. The first kappa shape index (κ1) is 20.2. The van der Waals surface area contributed by atoms with Crippen LogP contribution in [-0.2, 0) is 0 Å². The molecule has 0 N–H and O–H groups in total. The van der Waals surface area contributed by atoms with E-state index in [4.69, 9.17) is 22.8 Å². The predicted octanol–water partition coefficient (Wildman–Crippen LogP) is 4.02. The third-order valence-corrected chi connectivity index (χ3v) is 5.79. The minimum atomic E-state index is -0.352. The normalized spacial score (nSPS) is 18.4. The number of terminal acetylenes is 1. The van der Waals surface area contributed by atoms with Crippen molar-refractivity contribution >= 4 is 17.5 Å². The number of anilines is 1. The Hall–Kier alpha value is -3.11. The van der Waals surface area contributed by atoms with Crippen molar-refractivity contribution < 1.29 is 9.13 Å². The number of aryl methyl sites for hydroxylation is 1. The summed E-state index contributed by atoms with van der Waals surface area (Å²) in [5.41, 5.74) is 1.74. The van der Waals surface area contributed by atoms with Crippen molar-refractivity contribution in [2.45, 2.75) is 19.3 Å². The molecule has 1 aliphatic rings. The van der Waals surface area contributed by atoms with Gasteiger partial charge in [-0.15, -0.1) is 22.5 Å². The molecule has 2 atom stereocenters. The number of ether oxygens (including phenoxy) is 1. The summed E-state index contributed by atoms with van der Waals surface area (Å²) in [7, 11) is 1.58. The molecule has 1 aromatic carbocycles. The minimum Gasteiger partial charge on any atom is -0.481 e. The Morgan fingerprint density at radius 1 is 1.27 bits per heavy atom. The van der Waals surface area contributed by atoms with Crippen molar-refractivity contribution in [3.63, 3.8) is 0 Å². The number of hydrogen-bond acceptors (Lipinski definition) is 5. The van der Waals surface area contributed by atoms with E-state index in [-0.39, 0.29) is 17.7 Å². The SMILES string of the molecule is C#CC[C@H]1CN(c2nnc(C)n2-c2ccc(OC)nc2)C[C@@H]1c1ccc(F)cc1Cl. The highest BCUT2D eigenvalue weighted by Crippen LogP contribution is 2.40. The topological polar surface area (TPSA) is 56.1 Å². The average Bonchev–Trinajstić information content (AvgIpc) is 3.32. The predicted molar refractivity (Wildman–Crippen MR) is 114 cm³/mol. The summed E-state index contributed by atoms with van der Waals surface area (Å²) < 4.78 is 20.7. The van der Waals surface area contributed by atoms with Crippen molar-refractivity contribution in [3.05, 3.63) is 58.8 Å². The van der Waals surface area contributed by atoms with E-state index < -0.39 is 0 Å². The maximum atomic E-state index is 13.6. The highest BCUT2D eigenvalue weighted by Gasteiger charge is 2.37. The molecule has 6 nitrogen and oxygen atoms in total. The van der Waals surface area contributed by atoms with Crippen LogP contribution >= 0.6 is 11.6 Å². The Morgan fingerprint density at radius 2 is 2.10 bits per heavy atom. The van der Waals surface area contributed by atoms with Gasteiger partial charge < -0.3 is 9.64 Å². The fraction of sp³-hybridized carbons (Fsp3) is 0.318. The van der Waals surface area contributed by atoms with Gasteiger partial charge in [0.15, 0.2) is 0 Å². The Kier molecular flexibility index (Phi) is 5.60. The molecule has 0 unspecified atom stereocenters. The van der Waals surface area contributed by atoms with E-state index in [1.54, 1.807) is 25.4 Å². The van der Waals surface area contributed by atoms with Crippen LogP contribution in [0.1, 0.15) is 23.7 Å². The van der Waals surface area contributed by atoms with Gasteiger partial charge in [0.25, 0.3) is 0 Å². The molecule has 0 saturated carbocycles. The Balaban J connectivity index is 1.69. The van der Waals surface area contributed by atoms with Crippen LogP contribution in [0.15, 0.2) is 36.5 Å². The summed E-state index contributed by atoms with van der Waals surface area (Å²) >= 11 is 6.37. The zero-order valence-corrected chi connectivity index (χ0v) is 17.5. The zero-order chi connectivity index (χ0) is 21.3. The molecule has 3 aromatic rings.